The highest BCUT2D eigenvalue weighted by Crippen LogP contribution is 2.40. The first-order valence-corrected chi connectivity index (χ1v) is 12.2. The van der Waals surface area contributed by atoms with E-state index < -0.39 is 5.82 Å². The highest BCUT2D eigenvalue weighted by atomic mass is 32.2. The van der Waals surface area contributed by atoms with Crippen molar-refractivity contribution in [3.63, 3.8) is 0 Å². The molecular weight excluding hydrogens is 445 g/mol. The zero-order chi connectivity index (χ0) is 23.7. The fourth-order valence-electron chi connectivity index (χ4n) is 4.28. The predicted molar refractivity (Wildman–Crippen MR) is 124 cm³/mol. The van der Waals surface area contributed by atoms with Gasteiger partial charge in [-0.05, 0) is 44.2 Å². The molecule has 176 valence electrons. The van der Waals surface area contributed by atoms with Crippen LogP contribution in [0.25, 0.3) is 0 Å². The lowest BCUT2D eigenvalue weighted by molar-refractivity contribution is 0.140. The van der Waals surface area contributed by atoms with E-state index in [1.54, 1.807) is 24.0 Å². The molecule has 3 heterocycles. The molecule has 2 aromatic rings. The van der Waals surface area contributed by atoms with Crippen LogP contribution in [0.1, 0.15) is 38.7 Å². The maximum Gasteiger partial charge on any atom is 0.323 e. The zero-order valence-electron chi connectivity index (χ0n) is 19.1. The average Bonchev–Trinajstić information content (AvgIpc) is 3.35. The van der Waals surface area contributed by atoms with Crippen LogP contribution >= 0.6 is 11.8 Å². The first-order chi connectivity index (χ1) is 15.8. The van der Waals surface area contributed by atoms with Crippen LogP contribution < -0.4 is 14.8 Å². The Kier molecular flexibility index (Phi) is 6.73. The Morgan fingerprint density at radius 2 is 2.06 bits per heavy atom. The van der Waals surface area contributed by atoms with Crippen LogP contribution in [0.5, 0.6) is 17.5 Å². The van der Waals surface area contributed by atoms with Gasteiger partial charge in [0.05, 0.1) is 11.6 Å². The van der Waals surface area contributed by atoms with E-state index in [4.69, 9.17) is 14.9 Å². The molecule has 2 unspecified atom stereocenters. The fraction of sp³-hybridized carbons (Fsp3) is 0.478. The van der Waals surface area contributed by atoms with Gasteiger partial charge in [0.25, 0.3) is 0 Å². The maximum absolute atomic E-state index is 14.4. The number of hydrogen-bond donors (Lipinski definition) is 2. The van der Waals surface area contributed by atoms with Gasteiger partial charge in [0.1, 0.15) is 18.3 Å². The molecule has 2 N–H and O–H groups in total. The Morgan fingerprint density at radius 1 is 1.30 bits per heavy atom. The van der Waals surface area contributed by atoms with Crippen molar-refractivity contribution in [2.75, 3.05) is 6.26 Å². The molecule has 3 atom stereocenters. The molecule has 1 aromatic carbocycles. The molecule has 0 aliphatic carbocycles. The number of nitrogens with one attached hydrogen (secondary N) is 2. The minimum Gasteiger partial charge on any atom is -0.472 e. The number of halogens is 1. The first-order valence-electron chi connectivity index (χ1n) is 11.0. The van der Waals surface area contributed by atoms with E-state index in [-0.39, 0.29) is 47.6 Å². The van der Waals surface area contributed by atoms with Crippen molar-refractivity contribution in [2.45, 2.75) is 63.1 Å². The lowest BCUT2D eigenvalue weighted by Crippen LogP contribution is -2.47. The number of nitrogens with zero attached hydrogens (tertiary/aromatic N) is 3. The number of hydrogen-bond acceptors (Lipinski definition) is 7. The van der Waals surface area contributed by atoms with Crippen molar-refractivity contribution in [2.24, 2.45) is 5.92 Å². The Labute approximate surface area is 196 Å². The molecule has 2 amide bonds. The molecule has 2 saturated heterocycles. The summed E-state index contributed by atoms with van der Waals surface area (Å²) in [5, 5.41) is 10.7. The number of thioether (sulfide) groups is 1. The van der Waals surface area contributed by atoms with Gasteiger partial charge >= 0.3 is 6.03 Å². The summed E-state index contributed by atoms with van der Waals surface area (Å²) in [4.78, 5) is 23.8. The second-order valence-electron chi connectivity index (χ2n) is 8.60. The van der Waals surface area contributed by atoms with E-state index >= 15 is 0 Å². The van der Waals surface area contributed by atoms with Crippen molar-refractivity contribution < 1.29 is 18.7 Å². The normalized spacial score (nSPS) is 21.4. The second-order valence-corrected chi connectivity index (χ2v) is 9.48. The van der Waals surface area contributed by atoms with Crippen LogP contribution in [0.3, 0.4) is 0 Å². The standard InChI is InChI=1S/C23H28FN5O3S/c1-12(2)20(25)28-23(30)29-14-5-7-17(29)19(9-14)32-22-13(3)21(26-11-27-22)31-18-8-6-15(33-4)10-16(18)24/h6,8,10-12,14,17,19H,5,7,9H2,1-4H3,(H2,25,28,30)/t14?,17?,19-/m0/s1. The molecule has 2 bridgehead atoms. The molecule has 2 aliphatic rings. The van der Waals surface area contributed by atoms with Crippen LogP contribution in [-0.2, 0) is 0 Å². The van der Waals surface area contributed by atoms with Crippen molar-refractivity contribution in [3.8, 4) is 17.5 Å². The number of ether oxygens (including phenoxy) is 2. The van der Waals surface area contributed by atoms with Crippen LogP contribution in [0.15, 0.2) is 29.4 Å². The second kappa shape index (κ2) is 9.54. The molecular formula is C23H28FN5O3S. The number of fused-ring (bicyclic) bond motifs is 2. The van der Waals surface area contributed by atoms with Crippen LogP contribution in [0.4, 0.5) is 9.18 Å². The number of rotatable bonds is 6. The van der Waals surface area contributed by atoms with Gasteiger partial charge in [-0.2, -0.15) is 0 Å². The molecule has 4 rings (SSSR count). The number of amides is 2. The van der Waals surface area contributed by atoms with Gasteiger partial charge < -0.3 is 14.4 Å². The van der Waals surface area contributed by atoms with E-state index in [0.717, 1.165) is 17.7 Å². The fourth-order valence-corrected chi connectivity index (χ4v) is 4.71. The van der Waals surface area contributed by atoms with E-state index in [9.17, 15) is 9.18 Å². The van der Waals surface area contributed by atoms with Gasteiger partial charge in [-0.15, -0.1) is 11.8 Å². The summed E-state index contributed by atoms with van der Waals surface area (Å²) >= 11 is 1.45. The summed E-state index contributed by atoms with van der Waals surface area (Å²) in [5.41, 5.74) is 0.561. The summed E-state index contributed by atoms with van der Waals surface area (Å²) in [6.45, 7) is 5.50. The van der Waals surface area contributed by atoms with E-state index in [2.05, 4.69) is 15.3 Å². The number of benzene rings is 1. The lowest BCUT2D eigenvalue weighted by Gasteiger charge is -2.25. The minimum atomic E-state index is -0.468. The summed E-state index contributed by atoms with van der Waals surface area (Å²) in [6.07, 6.45) is 5.42. The van der Waals surface area contributed by atoms with Crippen molar-refractivity contribution >= 4 is 23.6 Å². The van der Waals surface area contributed by atoms with Gasteiger partial charge in [-0.25, -0.2) is 19.2 Å². The quantitative estimate of drug-likeness (QED) is 0.356. The highest BCUT2D eigenvalue weighted by molar-refractivity contribution is 7.98. The monoisotopic (exact) mass is 473 g/mol. The number of urea groups is 1. The van der Waals surface area contributed by atoms with Crippen molar-refractivity contribution in [1.82, 2.24) is 20.2 Å². The van der Waals surface area contributed by atoms with E-state index in [0.29, 0.717) is 17.9 Å². The predicted octanol–water partition coefficient (Wildman–Crippen LogP) is 4.77. The molecule has 0 radical (unpaired) electrons. The summed E-state index contributed by atoms with van der Waals surface area (Å²) in [6, 6.07) is 4.50. The summed E-state index contributed by atoms with van der Waals surface area (Å²) in [5.74, 6) is 0.341. The van der Waals surface area contributed by atoms with Crippen molar-refractivity contribution in [1.29, 1.82) is 5.41 Å². The summed E-state index contributed by atoms with van der Waals surface area (Å²) in [7, 11) is 0. The van der Waals surface area contributed by atoms with Crippen molar-refractivity contribution in [3.05, 3.63) is 35.9 Å². The van der Waals surface area contributed by atoms with Gasteiger partial charge in [-0.1, -0.05) is 13.8 Å². The summed E-state index contributed by atoms with van der Waals surface area (Å²) < 4.78 is 26.3. The molecule has 2 aliphatic heterocycles. The Hall–Kier alpha value is -2.88. The Morgan fingerprint density at radius 3 is 2.76 bits per heavy atom. The van der Waals surface area contributed by atoms with Crippen LogP contribution in [0.2, 0.25) is 0 Å². The largest absolute Gasteiger partial charge is 0.472 e. The van der Waals surface area contributed by atoms with Gasteiger partial charge in [0.2, 0.25) is 11.8 Å². The molecule has 0 spiro atoms. The number of carbonyl (C=O) groups is 1. The van der Waals surface area contributed by atoms with Gasteiger partial charge in [0.15, 0.2) is 11.6 Å². The Balaban J connectivity index is 1.47. The smallest absolute Gasteiger partial charge is 0.323 e. The first kappa shape index (κ1) is 23.3. The van der Waals surface area contributed by atoms with E-state index in [1.807, 2.05) is 20.1 Å². The third-order valence-corrected chi connectivity index (χ3v) is 6.86. The third-order valence-electron chi connectivity index (χ3n) is 6.13. The van der Waals surface area contributed by atoms with E-state index in [1.165, 1.54) is 24.2 Å². The van der Waals surface area contributed by atoms with Gasteiger partial charge in [-0.3, -0.25) is 10.7 Å². The van der Waals surface area contributed by atoms with Gasteiger partial charge in [0, 0.05) is 23.3 Å². The molecule has 1 aromatic heterocycles. The average molecular weight is 474 g/mol. The third kappa shape index (κ3) is 4.75. The molecule has 8 nitrogen and oxygen atoms in total. The molecule has 10 heteroatoms. The molecule has 0 saturated carbocycles. The SMILES string of the molecule is CSc1ccc(Oc2ncnc(O[C@H]3CC4CCC3N4C(=O)NC(=N)C(C)C)c2C)c(F)c1. The molecule has 33 heavy (non-hydrogen) atoms. The molecule has 2 fully saturated rings. The van der Waals surface area contributed by atoms with Crippen LogP contribution in [-0.4, -0.2) is 51.2 Å². The number of aromatic nitrogens is 2. The minimum absolute atomic E-state index is 0.0508. The van der Waals surface area contributed by atoms with Crippen LogP contribution in [0, 0.1) is 24.1 Å². The topological polar surface area (TPSA) is 100 Å². The number of carbonyl (C=O) groups excluding carboxylic acids is 1. The Bertz CT molecular complexity index is 1070. The number of amidine groups is 1. The lowest BCUT2D eigenvalue weighted by atomic mass is 9.98. The maximum atomic E-state index is 14.4. The zero-order valence-corrected chi connectivity index (χ0v) is 19.9. The highest BCUT2D eigenvalue weighted by Gasteiger charge is 2.50.